The van der Waals surface area contributed by atoms with Crippen LogP contribution in [0.2, 0.25) is 10.0 Å². The van der Waals surface area contributed by atoms with Crippen molar-refractivity contribution in [1.29, 1.82) is 0 Å². The third kappa shape index (κ3) is 5.87. The van der Waals surface area contributed by atoms with Crippen LogP contribution in [0.25, 0.3) is 0 Å². The molecule has 0 aromatic heterocycles. The van der Waals surface area contributed by atoms with Crippen LogP contribution in [0.15, 0.2) is 48.5 Å². The predicted molar refractivity (Wildman–Crippen MR) is 116 cm³/mol. The fourth-order valence-corrected chi connectivity index (χ4v) is 4.63. The number of benzene rings is 2. The fourth-order valence-electron chi connectivity index (χ4n) is 3.02. The minimum Gasteiger partial charge on any atom is -0.349 e. The van der Waals surface area contributed by atoms with Crippen molar-refractivity contribution in [2.75, 3.05) is 10.6 Å². The summed E-state index contributed by atoms with van der Waals surface area (Å²) in [4.78, 5) is 12.9. The van der Waals surface area contributed by atoms with Crippen molar-refractivity contribution in [3.8, 4) is 0 Å². The van der Waals surface area contributed by atoms with Crippen LogP contribution in [-0.4, -0.2) is 32.2 Å². The maximum absolute atomic E-state index is 12.9. The SMILES string of the molecule is C[C@H](C(=O)NC(C)(C)Cc1ccccc1)N(c1cc(Cl)ccc1Cl)S(C)(=O)=O. The van der Waals surface area contributed by atoms with Crippen LogP contribution in [0.1, 0.15) is 26.3 Å². The Morgan fingerprint density at radius 2 is 1.75 bits per heavy atom. The number of anilines is 1. The average molecular weight is 443 g/mol. The highest BCUT2D eigenvalue weighted by molar-refractivity contribution is 7.92. The number of rotatable bonds is 7. The van der Waals surface area contributed by atoms with Gasteiger partial charge in [-0.15, -0.1) is 0 Å². The van der Waals surface area contributed by atoms with E-state index in [0.717, 1.165) is 16.1 Å². The first-order valence-corrected chi connectivity index (χ1v) is 11.3. The van der Waals surface area contributed by atoms with E-state index in [-0.39, 0.29) is 10.7 Å². The van der Waals surface area contributed by atoms with Crippen LogP contribution in [-0.2, 0) is 21.2 Å². The van der Waals surface area contributed by atoms with Gasteiger partial charge in [0, 0.05) is 10.6 Å². The number of carbonyl (C=O) groups is 1. The molecule has 1 atom stereocenters. The second-order valence-electron chi connectivity index (χ2n) is 7.37. The Balaban J connectivity index is 2.28. The topological polar surface area (TPSA) is 66.5 Å². The van der Waals surface area contributed by atoms with Gasteiger partial charge in [-0.1, -0.05) is 53.5 Å². The molecule has 0 aliphatic heterocycles. The van der Waals surface area contributed by atoms with Crippen LogP contribution >= 0.6 is 23.2 Å². The third-order valence-electron chi connectivity index (χ3n) is 4.18. The van der Waals surface area contributed by atoms with Crippen molar-refractivity contribution in [1.82, 2.24) is 5.32 Å². The van der Waals surface area contributed by atoms with Gasteiger partial charge in [0.05, 0.1) is 17.0 Å². The Morgan fingerprint density at radius 3 is 2.32 bits per heavy atom. The molecule has 0 aliphatic rings. The molecule has 5 nitrogen and oxygen atoms in total. The van der Waals surface area contributed by atoms with Crippen molar-refractivity contribution in [2.24, 2.45) is 0 Å². The molecule has 0 radical (unpaired) electrons. The van der Waals surface area contributed by atoms with Gasteiger partial charge in [0.1, 0.15) is 6.04 Å². The van der Waals surface area contributed by atoms with Gasteiger partial charge in [-0.3, -0.25) is 9.10 Å². The summed E-state index contributed by atoms with van der Waals surface area (Å²) in [5.41, 5.74) is 0.659. The Bertz CT molecular complexity index is 947. The van der Waals surface area contributed by atoms with E-state index in [1.807, 2.05) is 44.2 Å². The fraction of sp³-hybridized carbons (Fsp3) is 0.350. The number of hydrogen-bond donors (Lipinski definition) is 1. The Kier molecular flexibility index (Phi) is 7.02. The number of hydrogen-bond acceptors (Lipinski definition) is 3. The molecule has 0 unspecified atom stereocenters. The van der Waals surface area contributed by atoms with E-state index in [1.165, 1.54) is 19.1 Å². The lowest BCUT2D eigenvalue weighted by molar-refractivity contribution is -0.123. The number of sulfonamides is 1. The second kappa shape index (κ2) is 8.72. The minimum atomic E-state index is -3.79. The first-order valence-electron chi connectivity index (χ1n) is 8.71. The zero-order valence-electron chi connectivity index (χ0n) is 16.2. The molecule has 0 bridgehead atoms. The summed E-state index contributed by atoms with van der Waals surface area (Å²) in [7, 11) is -3.79. The maximum atomic E-state index is 12.9. The highest BCUT2D eigenvalue weighted by Crippen LogP contribution is 2.32. The normalized spacial score (nSPS) is 13.1. The van der Waals surface area contributed by atoms with E-state index in [4.69, 9.17) is 23.2 Å². The molecular formula is C20H24Cl2N2O3S. The lowest BCUT2D eigenvalue weighted by Crippen LogP contribution is -2.54. The molecule has 0 heterocycles. The summed E-state index contributed by atoms with van der Waals surface area (Å²) in [6.45, 7) is 5.30. The smallest absolute Gasteiger partial charge is 0.244 e. The van der Waals surface area contributed by atoms with Crippen LogP contribution < -0.4 is 9.62 Å². The monoisotopic (exact) mass is 442 g/mol. The molecule has 152 valence electrons. The number of halogens is 2. The highest BCUT2D eigenvalue weighted by Gasteiger charge is 2.33. The molecule has 28 heavy (non-hydrogen) atoms. The third-order valence-corrected chi connectivity index (χ3v) is 5.97. The van der Waals surface area contributed by atoms with E-state index >= 15 is 0 Å². The van der Waals surface area contributed by atoms with Crippen LogP contribution in [0.3, 0.4) is 0 Å². The first kappa shape index (κ1) is 22.5. The number of nitrogens with zero attached hydrogens (tertiary/aromatic N) is 1. The van der Waals surface area contributed by atoms with E-state index in [0.29, 0.717) is 11.4 Å². The highest BCUT2D eigenvalue weighted by atomic mass is 35.5. The number of nitrogens with one attached hydrogen (secondary N) is 1. The van der Waals surface area contributed by atoms with Crippen molar-refractivity contribution in [2.45, 2.75) is 38.8 Å². The van der Waals surface area contributed by atoms with Gasteiger partial charge in [0.2, 0.25) is 15.9 Å². The summed E-state index contributed by atoms with van der Waals surface area (Å²) >= 11 is 12.2. The zero-order chi connectivity index (χ0) is 21.1. The summed E-state index contributed by atoms with van der Waals surface area (Å²) in [5, 5.41) is 3.46. The van der Waals surface area contributed by atoms with Crippen LogP contribution in [0, 0.1) is 0 Å². The van der Waals surface area contributed by atoms with Gasteiger partial charge in [-0.05, 0) is 51.0 Å². The van der Waals surface area contributed by atoms with Crippen molar-refractivity contribution >= 4 is 44.8 Å². The molecular weight excluding hydrogens is 419 g/mol. The van der Waals surface area contributed by atoms with Crippen molar-refractivity contribution < 1.29 is 13.2 Å². The van der Waals surface area contributed by atoms with Gasteiger partial charge < -0.3 is 5.32 Å². The lowest BCUT2D eigenvalue weighted by atomic mass is 9.94. The molecule has 2 aromatic rings. The van der Waals surface area contributed by atoms with E-state index in [1.54, 1.807) is 6.07 Å². The number of amides is 1. The Hall–Kier alpha value is -1.76. The van der Waals surface area contributed by atoms with Gasteiger partial charge in [-0.25, -0.2) is 8.42 Å². The maximum Gasteiger partial charge on any atom is 0.244 e. The van der Waals surface area contributed by atoms with Crippen LogP contribution in [0.5, 0.6) is 0 Å². The van der Waals surface area contributed by atoms with E-state index < -0.39 is 27.5 Å². The standard InChI is InChI=1S/C20H24Cl2N2O3S/c1-14(19(25)23-20(2,3)13-15-8-6-5-7-9-15)24(28(4,26)27)18-12-16(21)10-11-17(18)22/h5-12,14H,13H2,1-4H3,(H,23,25)/t14-/m1/s1. The average Bonchev–Trinajstić information content (AvgIpc) is 2.57. The molecule has 0 saturated carbocycles. The summed E-state index contributed by atoms with van der Waals surface area (Å²) in [5.74, 6) is -0.428. The van der Waals surface area contributed by atoms with Crippen molar-refractivity contribution in [3.63, 3.8) is 0 Å². The van der Waals surface area contributed by atoms with Gasteiger partial charge in [-0.2, -0.15) is 0 Å². The minimum absolute atomic E-state index is 0.167. The quantitative estimate of drug-likeness (QED) is 0.695. The first-order chi connectivity index (χ1) is 12.9. The molecule has 0 fully saturated rings. The molecule has 0 aliphatic carbocycles. The molecule has 0 saturated heterocycles. The molecule has 1 amide bonds. The number of carbonyl (C=O) groups excluding carboxylic acids is 1. The Morgan fingerprint density at radius 1 is 1.14 bits per heavy atom. The van der Waals surface area contributed by atoms with E-state index in [9.17, 15) is 13.2 Å². The lowest BCUT2D eigenvalue weighted by Gasteiger charge is -2.33. The van der Waals surface area contributed by atoms with E-state index in [2.05, 4.69) is 5.32 Å². The zero-order valence-corrected chi connectivity index (χ0v) is 18.6. The van der Waals surface area contributed by atoms with Gasteiger partial charge in [0.25, 0.3) is 0 Å². The summed E-state index contributed by atoms with van der Waals surface area (Å²) < 4.78 is 25.9. The Labute approximate surface area is 176 Å². The second-order valence-corrected chi connectivity index (χ2v) is 10.1. The van der Waals surface area contributed by atoms with Crippen molar-refractivity contribution in [3.05, 3.63) is 64.1 Å². The summed E-state index contributed by atoms with van der Waals surface area (Å²) in [6.07, 6.45) is 1.63. The summed E-state index contributed by atoms with van der Waals surface area (Å²) in [6, 6.07) is 13.2. The largest absolute Gasteiger partial charge is 0.349 e. The van der Waals surface area contributed by atoms with Gasteiger partial charge >= 0.3 is 0 Å². The molecule has 2 rings (SSSR count). The predicted octanol–water partition coefficient (Wildman–Crippen LogP) is 4.29. The van der Waals surface area contributed by atoms with Crippen LogP contribution in [0.4, 0.5) is 5.69 Å². The molecule has 2 aromatic carbocycles. The van der Waals surface area contributed by atoms with Gasteiger partial charge in [0.15, 0.2) is 0 Å². The molecule has 8 heteroatoms. The molecule has 0 spiro atoms. The molecule has 1 N–H and O–H groups in total.